The van der Waals surface area contributed by atoms with E-state index in [1.165, 1.54) is 10.4 Å². The highest BCUT2D eigenvalue weighted by molar-refractivity contribution is 8.22. The van der Waals surface area contributed by atoms with Crippen LogP contribution in [0.25, 0.3) is 11.1 Å². The van der Waals surface area contributed by atoms with E-state index in [1.54, 1.807) is 44.4 Å². The molecule has 1 fully saturated rings. The first-order valence-corrected chi connectivity index (χ1v) is 12.9. The van der Waals surface area contributed by atoms with E-state index in [2.05, 4.69) is 0 Å². The molecule has 1 saturated carbocycles. The Bertz CT molecular complexity index is 1300. The van der Waals surface area contributed by atoms with Gasteiger partial charge in [0.25, 0.3) is 0 Å². The Morgan fingerprint density at radius 1 is 1.03 bits per heavy atom. The van der Waals surface area contributed by atoms with Crippen LogP contribution in [0.15, 0.2) is 59.5 Å². The van der Waals surface area contributed by atoms with Crippen LogP contribution in [-0.4, -0.2) is 40.1 Å². The molecule has 1 aliphatic carbocycles. The lowest BCUT2D eigenvalue weighted by Crippen LogP contribution is -2.23. The van der Waals surface area contributed by atoms with Crippen molar-refractivity contribution in [3.8, 4) is 22.6 Å². The Hall–Kier alpha value is -2.91. The van der Waals surface area contributed by atoms with Crippen LogP contribution in [0.2, 0.25) is 0 Å². The largest absolute Gasteiger partial charge is 0.454 e. The van der Waals surface area contributed by atoms with Gasteiger partial charge in [0.05, 0.1) is 10.3 Å². The molecule has 0 radical (unpaired) electrons. The molecule has 3 aromatic carbocycles. The number of carbonyl (C=O) groups excluding carboxylic acids is 1. The van der Waals surface area contributed by atoms with Crippen molar-refractivity contribution in [1.82, 2.24) is 4.31 Å². The molecule has 0 atom stereocenters. The fraction of sp³-hybridized carbons (Fsp3) is 0.296. The van der Waals surface area contributed by atoms with Crippen molar-refractivity contribution >= 4 is 16.6 Å². The number of fused-ring (bicyclic) bond motifs is 1. The van der Waals surface area contributed by atoms with E-state index in [-0.39, 0.29) is 19.0 Å². The molecule has 0 saturated heterocycles. The van der Waals surface area contributed by atoms with E-state index in [0.29, 0.717) is 22.0 Å². The van der Waals surface area contributed by atoms with Gasteiger partial charge in [0, 0.05) is 20.5 Å². The highest BCUT2D eigenvalue weighted by Crippen LogP contribution is 2.52. The highest BCUT2D eigenvalue weighted by Gasteiger charge is 2.51. The molecular weight excluding hydrogens is 469 g/mol. The van der Waals surface area contributed by atoms with Gasteiger partial charge in [0.15, 0.2) is 11.5 Å². The van der Waals surface area contributed by atoms with Gasteiger partial charge in [-0.1, -0.05) is 18.2 Å². The van der Waals surface area contributed by atoms with Gasteiger partial charge in [-0.05, 0) is 84.0 Å². The van der Waals surface area contributed by atoms with Crippen molar-refractivity contribution in [2.45, 2.75) is 36.5 Å². The number of carbonyl (C=O) groups is 1. The second-order valence-corrected chi connectivity index (χ2v) is 11.6. The van der Waals surface area contributed by atoms with Gasteiger partial charge in [-0.2, -0.15) is 0 Å². The quantitative estimate of drug-likeness (QED) is 0.419. The Labute approximate surface area is 205 Å². The van der Waals surface area contributed by atoms with Gasteiger partial charge < -0.3 is 9.47 Å². The van der Waals surface area contributed by atoms with Crippen LogP contribution in [0.3, 0.4) is 0 Å². The maximum atomic E-state index is 14.9. The zero-order chi connectivity index (χ0) is 25.0. The Morgan fingerprint density at radius 2 is 1.71 bits per heavy atom. The second-order valence-electron chi connectivity index (χ2n) is 9.36. The fourth-order valence-electron chi connectivity index (χ4n) is 4.58. The third kappa shape index (κ3) is 4.21. The van der Waals surface area contributed by atoms with Gasteiger partial charge in [-0.15, -0.1) is 10.8 Å². The lowest BCUT2D eigenvalue weighted by molar-refractivity contribution is -0.120. The third-order valence-electron chi connectivity index (χ3n) is 6.94. The van der Waals surface area contributed by atoms with Gasteiger partial charge in [-0.25, -0.2) is 8.70 Å². The normalized spacial score (nSPS) is 16.4. The minimum atomic E-state index is -3.04. The first kappa shape index (κ1) is 23.8. The maximum Gasteiger partial charge on any atom is 0.231 e. The van der Waals surface area contributed by atoms with Crippen molar-refractivity contribution in [3.05, 3.63) is 77.1 Å². The molecule has 8 heteroatoms. The number of ketones is 1. The standard InChI is InChI=1S/C27H28FNO5S/c1-17-12-23(28)19(13-22(17)18-4-7-21(8-5-18)35(31,32)29(2)3)14-26(30)27(10-11-27)20-6-9-24-25(15-20)34-16-33-24/h4-9,12-13,15,31-32H,10-11,14,16H2,1-3H3. The van der Waals surface area contributed by atoms with E-state index in [4.69, 9.17) is 9.47 Å². The summed E-state index contributed by atoms with van der Waals surface area (Å²) in [5, 5.41) is 0. The minimum Gasteiger partial charge on any atom is -0.454 e. The monoisotopic (exact) mass is 497 g/mol. The molecule has 0 spiro atoms. The van der Waals surface area contributed by atoms with Crippen molar-refractivity contribution in [2.24, 2.45) is 0 Å². The summed E-state index contributed by atoms with van der Waals surface area (Å²) in [6.07, 6.45) is 1.45. The first-order valence-electron chi connectivity index (χ1n) is 11.4. The molecule has 2 aliphatic rings. The van der Waals surface area contributed by atoms with Gasteiger partial charge in [0.1, 0.15) is 11.6 Å². The van der Waals surface area contributed by atoms with E-state index >= 15 is 0 Å². The topological polar surface area (TPSA) is 79.2 Å². The summed E-state index contributed by atoms with van der Waals surface area (Å²) in [7, 11) is 0.164. The predicted molar refractivity (Wildman–Crippen MR) is 134 cm³/mol. The molecule has 1 aliphatic heterocycles. The van der Waals surface area contributed by atoms with Crippen LogP contribution >= 0.6 is 10.8 Å². The van der Waals surface area contributed by atoms with Gasteiger partial charge >= 0.3 is 0 Å². The number of rotatable bonds is 7. The number of hydrogen-bond donors (Lipinski definition) is 2. The number of nitrogens with zero attached hydrogens (tertiary/aromatic N) is 1. The summed E-state index contributed by atoms with van der Waals surface area (Å²) >= 11 is 0. The molecule has 1 heterocycles. The highest BCUT2D eigenvalue weighted by atomic mass is 32.3. The summed E-state index contributed by atoms with van der Waals surface area (Å²) in [5.41, 5.74) is 2.98. The Morgan fingerprint density at radius 3 is 2.37 bits per heavy atom. The van der Waals surface area contributed by atoms with Crippen LogP contribution in [-0.2, 0) is 16.6 Å². The zero-order valence-electron chi connectivity index (χ0n) is 19.9. The van der Waals surface area contributed by atoms with Crippen LogP contribution in [0.1, 0.15) is 29.5 Å². The summed E-state index contributed by atoms with van der Waals surface area (Å²) < 4.78 is 47.9. The summed E-state index contributed by atoms with van der Waals surface area (Å²) in [6, 6.07) is 15.7. The van der Waals surface area contributed by atoms with Gasteiger partial charge in [0.2, 0.25) is 6.79 Å². The van der Waals surface area contributed by atoms with Crippen molar-refractivity contribution < 1.29 is 27.8 Å². The van der Waals surface area contributed by atoms with E-state index in [9.17, 15) is 18.3 Å². The number of benzene rings is 3. The van der Waals surface area contributed by atoms with E-state index < -0.39 is 22.0 Å². The van der Waals surface area contributed by atoms with Crippen molar-refractivity contribution in [3.63, 3.8) is 0 Å². The zero-order valence-corrected chi connectivity index (χ0v) is 20.7. The number of ether oxygens (including phenoxy) is 2. The van der Waals surface area contributed by atoms with Crippen molar-refractivity contribution in [2.75, 3.05) is 20.9 Å². The number of Topliss-reactive ketones (excluding diaryl/α,β-unsaturated/α-hetero) is 1. The minimum absolute atomic E-state index is 0.00714. The van der Waals surface area contributed by atoms with Crippen LogP contribution in [0, 0.1) is 12.7 Å². The number of halogens is 1. The smallest absolute Gasteiger partial charge is 0.231 e. The Kier molecular flexibility index (Phi) is 5.88. The summed E-state index contributed by atoms with van der Waals surface area (Å²) in [5.74, 6) is 0.892. The average molecular weight is 498 g/mol. The lowest BCUT2D eigenvalue weighted by Gasteiger charge is -2.38. The average Bonchev–Trinajstić information content (AvgIpc) is 3.51. The lowest BCUT2D eigenvalue weighted by atomic mass is 9.86. The molecular formula is C27H28FNO5S. The summed E-state index contributed by atoms with van der Waals surface area (Å²) in [4.78, 5) is 13.8. The molecule has 0 unspecified atom stereocenters. The molecule has 5 rings (SSSR count). The molecule has 2 N–H and O–H groups in total. The van der Waals surface area contributed by atoms with Crippen LogP contribution in [0.4, 0.5) is 4.39 Å². The summed E-state index contributed by atoms with van der Waals surface area (Å²) in [6.45, 7) is 1.99. The first-order chi connectivity index (χ1) is 16.6. The number of hydrogen-bond acceptors (Lipinski definition) is 6. The van der Waals surface area contributed by atoms with Gasteiger partial charge in [-0.3, -0.25) is 13.9 Å². The molecule has 35 heavy (non-hydrogen) atoms. The van der Waals surface area contributed by atoms with Crippen LogP contribution < -0.4 is 9.47 Å². The van der Waals surface area contributed by atoms with E-state index in [1.807, 2.05) is 25.1 Å². The SMILES string of the molecule is Cc1cc(F)c(CC(=O)C2(c3ccc4c(c3)OCO4)CC2)cc1-c1ccc(S(O)(O)N(C)C)cc1. The Balaban J connectivity index is 1.41. The molecule has 0 amide bonds. The molecule has 0 aromatic heterocycles. The predicted octanol–water partition coefficient (Wildman–Crippen LogP) is 5.96. The molecule has 6 nitrogen and oxygen atoms in total. The van der Waals surface area contributed by atoms with Crippen LogP contribution in [0.5, 0.6) is 11.5 Å². The number of aryl methyl sites for hydroxylation is 1. The fourth-order valence-corrected chi connectivity index (χ4v) is 5.50. The molecule has 3 aromatic rings. The third-order valence-corrected chi connectivity index (χ3v) is 8.87. The second kappa shape index (κ2) is 8.64. The maximum absolute atomic E-state index is 14.9. The van der Waals surface area contributed by atoms with E-state index in [0.717, 1.165) is 35.1 Å². The molecule has 0 bridgehead atoms. The molecule has 184 valence electrons. The van der Waals surface area contributed by atoms with Crippen molar-refractivity contribution in [1.29, 1.82) is 0 Å².